The molecule has 1 rings (SSSR count). The molecule has 3 heteroatoms. The lowest BCUT2D eigenvalue weighted by Gasteiger charge is -2.04. The Morgan fingerprint density at radius 3 is 2.64 bits per heavy atom. The maximum absolute atomic E-state index is 5.87. The van der Waals surface area contributed by atoms with Crippen LogP contribution in [0.1, 0.15) is 5.56 Å². The number of halogens is 1. The standard InChI is InChI=1S/C8H11ClN2/c9-7-2-1-3-8(11)6(7)4-5-10/h1-3H,4-5,10-11H2. The van der Waals surface area contributed by atoms with E-state index in [-0.39, 0.29) is 0 Å². The van der Waals surface area contributed by atoms with Gasteiger partial charge in [-0.15, -0.1) is 0 Å². The molecular formula is C8H11ClN2. The zero-order valence-corrected chi connectivity index (χ0v) is 6.93. The molecule has 0 aliphatic carbocycles. The minimum atomic E-state index is 0.577. The Hall–Kier alpha value is -0.730. The highest BCUT2D eigenvalue weighted by atomic mass is 35.5. The Morgan fingerprint density at radius 2 is 2.09 bits per heavy atom. The Kier molecular flexibility index (Phi) is 2.74. The summed E-state index contributed by atoms with van der Waals surface area (Å²) in [6.07, 6.45) is 0.742. The summed E-state index contributed by atoms with van der Waals surface area (Å²) in [6, 6.07) is 5.48. The zero-order chi connectivity index (χ0) is 8.27. The van der Waals surface area contributed by atoms with Gasteiger partial charge in [-0.2, -0.15) is 0 Å². The third kappa shape index (κ3) is 1.85. The van der Waals surface area contributed by atoms with Crippen molar-refractivity contribution in [2.75, 3.05) is 12.3 Å². The van der Waals surface area contributed by atoms with E-state index in [4.69, 9.17) is 23.1 Å². The lowest BCUT2D eigenvalue weighted by Crippen LogP contribution is -2.05. The molecule has 11 heavy (non-hydrogen) atoms. The molecule has 1 aromatic rings. The molecule has 0 saturated heterocycles. The van der Waals surface area contributed by atoms with E-state index >= 15 is 0 Å². The fourth-order valence-corrected chi connectivity index (χ4v) is 1.26. The summed E-state index contributed by atoms with van der Waals surface area (Å²) in [5, 5.41) is 0.704. The van der Waals surface area contributed by atoms with Crippen LogP contribution >= 0.6 is 11.6 Å². The quantitative estimate of drug-likeness (QED) is 0.660. The topological polar surface area (TPSA) is 52.0 Å². The first-order valence-electron chi connectivity index (χ1n) is 3.48. The largest absolute Gasteiger partial charge is 0.398 e. The number of nitrogens with two attached hydrogens (primary N) is 2. The van der Waals surface area contributed by atoms with Crippen LogP contribution in [0.2, 0.25) is 5.02 Å². The van der Waals surface area contributed by atoms with Crippen molar-refractivity contribution in [1.82, 2.24) is 0 Å². The van der Waals surface area contributed by atoms with E-state index in [1.54, 1.807) is 0 Å². The molecule has 4 N–H and O–H groups in total. The molecule has 0 unspecified atom stereocenters. The predicted molar refractivity (Wildman–Crippen MR) is 48.6 cm³/mol. The third-order valence-corrected chi connectivity index (χ3v) is 1.90. The average molecular weight is 171 g/mol. The highest BCUT2D eigenvalue weighted by molar-refractivity contribution is 6.31. The second-order valence-corrected chi connectivity index (χ2v) is 2.75. The molecular weight excluding hydrogens is 160 g/mol. The van der Waals surface area contributed by atoms with Gasteiger partial charge in [0.25, 0.3) is 0 Å². The fourth-order valence-electron chi connectivity index (χ4n) is 0.983. The fraction of sp³-hybridized carbons (Fsp3) is 0.250. The highest BCUT2D eigenvalue weighted by Gasteiger charge is 2.01. The minimum Gasteiger partial charge on any atom is -0.398 e. The van der Waals surface area contributed by atoms with Crippen molar-refractivity contribution < 1.29 is 0 Å². The Balaban J connectivity index is 3.00. The van der Waals surface area contributed by atoms with Crippen LogP contribution in [0.15, 0.2) is 18.2 Å². The maximum Gasteiger partial charge on any atom is 0.0459 e. The van der Waals surface area contributed by atoms with Crippen LogP contribution < -0.4 is 11.5 Å². The lowest BCUT2D eigenvalue weighted by atomic mass is 10.1. The molecule has 60 valence electrons. The first kappa shape index (κ1) is 8.37. The van der Waals surface area contributed by atoms with E-state index in [9.17, 15) is 0 Å². The van der Waals surface area contributed by atoms with Crippen molar-refractivity contribution in [2.45, 2.75) is 6.42 Å². The van der Waals surface area contributed by atoms with Crippen molar-refractivity contribution in [3.8, 4) is 0 Å². The third-order valence-electron chi connectivity index (χ3n) is 1.55. The van der Waals surface area contributed by atoms with Crippen molar-refractivity contribution in [3.05, 3.63) is 28.8 Å². The van der Waals surface area contributed by atoms with Crippen molar-refractivity contribution >= 4 is 17.3 Å². The number of hydrogen-bond donors (Lipinski definition) is 2. The molecule has 0 saturated carbocycles. The molecule has 0 radical (unpaired) electrons. The normalized spacial score (nSPS) is 10.0. The molecule has 2 nitrogen and oxygen atoms in total. The van der Waals surface area contributed by atoms with Gasteiger partial charge in [-0.05, 0) is 30.7 Å². The molecule has 0 heterocycles. The predicted octanol–water partition coefficient (Wildman–Crippen LogP) is 1.42. The average Bonchev–Trinajstić information content (AvgIpc) is 1.97. The van der Waals surface area contributed by atoms with Crippen LogP contribution in [0.4, 0.5) is 5.69 Å². The zero-order valence-electron chi connectivity index (χ0n) is 6.18. The molecule has 0 aromatic heterocycles. The second-order valence-electron chi connectivity index (χ2n) is 2.35. The van der Waals surface area contributed by atoms with Crippen LogP contribution in [0.3, 0.4) is 0 Å². The molecule has 0 fully saturated rings. The summed E-state index contributed by atoms with van der Waals surface area (Å²) in [5.41, 5.74) is 12.7. The number of rotatable bonds is 2. The molecule has 1 aromatic carbocycles. The summed E-state index contributed by atoms with van der Waals surface area (Å²) in [7, 11) is 0. The van der Waals surface area contributed by atoms with Crippen LogP contribution in [0.25, 0.3) is 0 Å². The summed E-state index contributed by atoms with van der Waals surface area (Å²) >= 11 is 5.87. The van der Waals surface area contributed by atoms with Gasteiger partial charge in [-0.25, -0.2) is 0 Å². The summed E-state index contributed by atoms with van der Waals surface area (Å²) in [6.45, 7) is 0.577. The number of benzene rings is 1. The molecule has 0 aliphatic rings. The van der Waals surface area contributed by atoms with Gasteiger partial charge in [0.2, 0.25) is 0 Å². The van der Waals surface area contributed by atoms with E-state index < -0.39 is 0 Å². The number of nitrogen functional groups attached to an aromatic ring is 1. The van der Waals surface area contributed by atoms with E-state index in [1.807, 2.05) is 18.2 Å². The first-order chi connectivity index (χ1) is 5.25. The van der Waals surface area contributed by atoms with Gasteiger partial charge in [0.15, 0.2) is 0 Å². The molecule has 0 spiro atoms. The van der Waals surface area contributed by atoms with Crippen LogP contribution in [0.5, 0.6) is 0 Å². The van der Waals surface area contributed by atoms with Gasteiger partial charge < -0.3 is 11.5 Å². The SMILES string of the molecule is NCCc1c(N)cccc1Cl. The number of anilines is 1. The van der Waals surface area contributed by atoms with E-state index in [1.165, 1.54) is 0 Å². The second kappa shape index (κ2) is 3.60. The summed E-state index contributed by atoms with van der Waals surface area (Å²) < 4.78 is 0. The van der Waals surface area contributed by atoms with Crippen molar-refractivity contribution in [2.24, 2.45) is 5.73 Å². The van der Waals surface area contributed by atoms with Gasteiger partial charge in [-0.3, -0.25) is 0 Å². The van der Waals surface area contributed by atoms with Gasteiger partial charge in [0.1, 0.15) is 0 Å². The monoisotopic (exact) mass is 170 g/mol. The Morgan fingerprint density at radius 1 is 1.36 bits per heavy atom. The molecule has 0 amide bonds. The smallest absolute Gasteiger partial charge is 0.0459 e. The van der Waals surface area contributed by atoms with Crippen LogP contribution in [-0.4, -0.2) is 6.54 Å². The van der Waals surface area contributed by atoms with Crippen molar-refractivity contribution in [1.29, 1.82) is 0 Å². The van der Waals surface area contributed by atoms with Gasteiger partial charge >= 0.3 is 0 Å². The Labute approximate surface area is 71.1 Å². The molecule has 0 aliphatic heterocycles. The number of hydrogen-bond acceptors (Lipinski definition) is 2. The van der Waals surface area contributed by atoms with E-state index in [0.29, 0.717) is 11.6 Å². The van der Waals surface area contributed by atoms with Gasteiger partial charge in [-0.1, -0.05) is 17.7 Å². The van der Waals surface area contributed by atoms with Crippen LogP contribution in [0, 0.1) is 0 Å². The highest BCUT2D eigenvalue weighted by Crippen LogP contribution is 2.21. The Bertz CT molecular complexity index is 228. The molecule has 0 atom stereocenters. The summed E-state index contributed by atoms with van der Waals surface area (Å²) in [5.74, 6) is 0. The van der Waals surface area contributed by atoms with E-state index in [2.05, 4.69) is 0 Å². The minimum absolute atomic E-state index is 0.577. The lowest BCUT2D eigenvalue weighted by molar-refractivity contribution is 0.971. The first-order valence-corrected chi connectivity index (χ1v) is 3.86. The van der Waals surface area contributed by atoms with E-state index in [0.717, 1.165) is 17.7 Å². The van der Waals surface area contributed by atoms with Crippen molar-refractivity contribution in [3.63, 3.8) is 0 Å². The van der Waals surface area contributed by atoms with Gasteiger partial charge in [0.05, 0.1) is 0 Å². The summed E-state index contributed by atoms with van der Waals surface area (Å²) in [4.78, 5) is 0. The molecule has 0 bridgehead atoms. The van der Waals surface area contributed by atoms with Gasteiger partial charge in [0, 0.05) is 10.7 Å². The maximum atomic E-state index is 5.87. The van der Waals surface area contributed by atoms with Crippen LogP contribution in [-0.2, 0) is 6.42 Å².